The van der Waals surface area contributed by atoms with Crippen molar-refractivity contribution >= 4 is 27.3 Å². The fraction of sp³-hybridized carbons (Fsp3) is 0.231. The highest BCUT2D eigenvalue weighted by atomic mass is 79.9. The highest BCUT2D eigenvalue weighted by Gasteiger charge is 2.15. The molecular weight excluding hydrogens is 320 g/mol. The summed E-state index contributed by atoms with van der Waals surface area (Å²) in [5.74, 6) is -1.11. The molecule has 2 N–H and O–H groups in total. The van der Waals surface area contributed by atoms with E-state index in [0.717, 1.165) is 20.3 Å². The number of thiophene rings is 1. The van der Waals surface area contributed by atoms with Gasteiger partial charge in [-0.1, -0.05) is 6.07 Å². The Hall–Kier alpha value is -0.780. The average Bonchev–Trinajstić information content (AvgIpc) is 2.62. The summed E-state index contributed by atoms with van der Waals surface area (Å²) in [7, 11) is 0. The van der Waals surface area contributed by atoms with Gasteiger partial charge >= 0.3 is 0 Å². The fourth-order valence-electron chi connectivity index (χ4n) is 1.86. The minimum atomic E-state index is -0.570. The SMILES string of the molecule is Cc1sc(Br)cc1C(N)Cc1ccc(F)cc1F. The Morgan fingerprint density at radius 3 is 2.61 bits per heavy atom. The summed E-state index contributed by atoms with van der Waals surface area (Å²) in [6.45, 7) is 1.98. The van der Waals surface area contributed by atoms with Crippen molar-refractivity contribution in [3.8, 4) is 0 Å². The summed E-state index contributed by atoms with van der Waals surface area (Å²) in [6.07, 6.45) is 0.357. The van der Waals surface area contributed by atoms with Crippen LogP contribution in [0.4, 0.5) is 8.78 Å². The van der Waals surface area contributed by atoms with E-state index in [1.54, 1.807) is 11.3 Å². The lowest BCUT2D eigenvalue weighted by atomic mass is 10.00. The molecule has 0 fully saturated rings. The molecule has 0 bridgehead atoms. The van der Waals surface area contributed by atoms with Crippen LogP contribution in [0.25, 0.3) is 0 Å². The first-order chi connectivity index (χ1) is 8.47. The first-order valence-electron chi connectivity index (χ1n) is 5.42. The first kappa shape index (κ1) is 13.6. The predicted molar refractivity (Wildman–Crippen MR) is 73.7 cm³/mol. The standard InChI is InChI=1S/C13H12BrF2NS/c1-7-10(6-13(14)18-7)12(17)4-8-2-3-9(15)5-11(8)16/h2-3,5-6,12H,4,17H2,1H3. The second-order valence-electron chi connectivity index (χ2n) is 4.11. The molecule has 2 aromatic rings. The van der Waals surface area contributed by atoms with Crippen LogP contribution in [0.2, 0.25) is 0 Å². The van der Waals surface area contributed by atoms with E-state index in [2.05, 4.69) is 15.9 Å². The Labute approximate surface area is 117 Å². The molecule has 0 spiro atoms. The second kappa shape index (κ2) is 5.47. The lowest BCUT2D eigenvalue weighted by Crippen LogP contribution is -2.14. The van der Waals surface area contributed by atoms with Crippen molar-refractivity contribution in [3.63, 3.8) is 0 Å². The lowest BCUT2D eigenvalue weighted by Gasteiger charge is -2.12. The molecule has 0 amide bonds. The normalized spacial score (nSPS) is 12.7. The van der Waals surface area contributed by atoms with Gasteiger partial charge in [0, 0.05) is 17.0 Å². The molecule has 0 saturated heterocycles. The van der Waals surface area contributed by atoms with Crippen molar-refractivity contribution in [2.45, 2.75) is 19.4 Å². The molecule has 96 valence electrons. The number of hydrogen-bond donors (Lipinski definition) is 1. The Balaban J connectivity index is 2.21. The smallest absolute Gasteiger partial charge is 0.129 e. The van der Waals surface area contributed by atoms with Crippen molar-refractivity contribution in [2.24, 2.45) is 5.73 Å². The molecule has 5 heteroatoms. The summed E-state index contributed by atoms with van der Waals surface area (Å²) in [5.41, 5.74) is 7.51. The van der Waals surface area contributed by atoms with Gasteiger partial charge in [0.15, 0.2) is 0 Å². The van der Waals surface area contributed by atoms with Gasteiger partial charge in [-0.3, -0.25) is 0 Å². The zero-order chi connectivity index (χ0) is 13.3. The maximum atomic E-state index is 13.5. The van der Waals surface area contributed by atoms with E-state index in [0.29, 0.717) is 12.0 Å². The molecule has 18 heavy (non-hydrogen) atoms. The van der Waals surface area contributed by atoms with Crippen molar-refractivity contribution in [1.29, 1.82) is 0 Å². The summed E-state index contributed by atoms with van der Waals surface area (Å²) in [4.78, 5) is 1.11. The first-order valence-corrected chi connectivity index (χ1v) is 7.03. The summed E-state index contributed by atoms with van der Waals surface area (Å²) in [5, 5.41) is 0. The Bertz CT molecular complexity index is 568. The zero-order valence-electron chi connectivity index (χ0n) is 9.71. The molecule has 0 radical (unpaired) electrons. The van der Waals surface area contributed by atoms with Gasteiger partial charge < -0.3 is 5.73 Å². The number of benzene rings is 1. The van der Waals surface area contributed by atoms with Gasteiger partial charge in [0.1, 0.15) is 11.6 Å². The topological polar surface area (TPSA) is 26.0 Å². The number of nitrogens with two attached hydrogens (primary N) is 1. The highest BCUT2D eigenvalue weighted by molar-refractivity contribution is 9.11. The molecule has 1 aromatic carbocycles. The fourth-order valence-corrected chi connectivity index (χ4v) is 3.64. The Kier molecular flexibility index (Phi) is 4.14. The predicted octanol–water partition coefficient (Wildman–Crippen LogP) is 4.34. The third-order valence-electron chi connectivity index (χ3n) is 2.78. The van der Waals surface area contributed by atoms with E-state index >= 15 is 0 Å². The quantitative estimate of drug-likeness (QED) is 0.889. The van der Waals surface area contributed by atoms with Crippen LogP contribution in [0.15, 0.2) is 28.1 Å². The van der Waals surface area contributed by atoms with Crippen LogP contribution < -0.4 is 5.73 Å². The summed E-state index contributed by atoms with van der Waals surface area (Å²) >= 11 is 5.00. The van der Waals surface area contributed by atoms with E-state index in [1.807, 2.05) is 13.0 Å². The molecule has 1 heterocycles. The van der Waals surface area contributed by atoms with Gasteiger partial charge in [-0.25, -0.2) is 8.78 Å². The maximum Gasteiger partial charge on any atom is 0.129 e. The van der Waals surface area contributed by atoms with Crippen LogP contribution in [-0.2, 0) is 6.42 Å². The summed E-state index contributed by atoms with van der Waals surface area (Å²) < 4.78 is 27.3. The molecular formula is C13H12BrF2NS. The van der Waals surface area contributed by atoms with Crippen LogP contribution in [0.1, 0.15) is 22.0 Å². The van der Waals surface area contributed by atoms with Crippen LogP contribution in [0.5, 0.6) is 0 Å². The number of hydrogen-bond acceptors (Lipinski definition) is 2. The van der Waals surface area contributed by atoms with Gasteiger partial charge in [0.05, 0.1) is 3.79 Å². The minimum Gasteiger partial charge on any atom is -0.324 e. The third kappa shape index (κ3) is 2.96. The van der Waals surface area contributed by atoms with Crippen molar-refractivity contribution < 1.29 is 8.78 Å². The zero-order valence-corrected chi connectivity index (χ0v) is 12.1. The molecule has 0 aliphatic carbocycles. The van der Waals surface area contributed by atoms with Gasteiger partial charge in [0.2, 0.25) is 0 Å². The Morgan fingerprint density at radius 1 is 1.33 bits per heavy atom. The largest absolute Gasteiger partial charge is 0.324 e. The highest BCUT2D eigenvalue weighted by Crippen LogP contribution is 2.31. The monoisotopic (exact) mass is 331 g/mol. The van der Waals surface area contributed by atoms with Crippen LogP contribution in [0.3, 0.4) is 0 Å². The van der Waals surface area contributed by atoms with Gasteiger partial charge in [0.25, 0.3) is 0 Å². The van der Waals surface area contributed by atoms with Crippen molar-refractivity contribution in [2.75, 3.05) is 0 Å². The molecule has 0 saturated carbocycles. The molecule has 2 rings (SSSR count). The van der Waals surface area contributed by atoms with Crippen LogP contribution in [0, 0.1) is 18.6 Å². The van der Waals surface area contributed by atoms with E-state index < -0.39 is 11.6 Å². The average molecular weight is 332 g/mol. The third-order valence-corrected chi connectivity index (χ3v) is 4.35. The van der Waals surface area contributed by atoms with Gasteiger partial charge in [-0.15, -0.1) is 11.3 Å². The number of aryl methyl sites for hydroxylation is 1. The Morgan fingerprint density at radius 2 is 2.06 bits per heavy atom. The number of halogens is 3. The molecule has 1 atom stereocenters. The van der Waals surface area contributed by atoms with Gasteiger partial charge in [-0.05, 0) is 52.5 Å². The van der Waals surface area contributed by atoms with Crippen LogP contribution >= 0.6 is 27.3 Å². The van der Waals surface area contributed by atoms with Gasteiger partial charge in [-0.2, -0.15) is 0 Å². The summed E-state index contributed by atoms with van der Waals surface area (Å²) in [6, 6.07) is 5.25. The van der Waals surface area contributed by atoms with E-state index in [-0.39, 0.29) is 6.04 Å². The lowest BCUT2D eigenvalue weighted by molar-refractivity contribution is 0.563. The molecule has 1 unspecified atom stereocenters. The second-order valence-corrected chi connectivity index (χ2v) is 6.74. The van der Waals surface area contributed by atoms with Crippen molar-refractivity contribution in [1.82, 2.24) is 0 Å². The number of rotatable bonds is 3. The van der Waals surface area contributed by atoms with Crippen molar-refractivity contribution in [3.05, 3.63) is 55.7 Å². The molecule has 1 nitrogen and oxygen atoms in total. The van der Waals surface area contributed by atoms with E-state index in [4.69, 9.17) is 5.73 Å². The molecule has 0 aliphatic rings. The molecule has 1 aromatic heterocycles. The van der Waals surface area contributed by atoms with E-state index in [9.17, 15) is 8.78 Å². The van der Waals surface area contributed by atoms with E-state index in [1.165, 1.54) is 12.1 Å². The van der Waals surface area contributed by atoms with Crippen LogP contribution in [-0.4, -0.2) is 0 Å². The molecule has 0 aliphatic heterocycles. The maximum absolute atomic E-state index is 13.5. The minimum absolute atomic E-state index is 0.285.